The summed E-state index contributed by atoms with van der Waals surface area (Å²) in [5.74, 6) is 0.0216. The van der Waals surface area contributed by atoms with Gasteiger partial charge < -0.3 is 14.4 Å². The third-order valence-electron chi connectivity index (χ3n) is 3.87. The van der Waals surface area contributed by atoms with Gasteiger partial charge in [-0.2, -0.15) is 5.26 Å². The first kappa shape index (κ1) is 15.2. The minimum Gasteiger partial charge on any atom is -0.376 e. The van der Waals surface area contributed by atoms with Gasteiger partial charge in [-0.3, -0.25) is 9.69 Å². The van der Waals surface area contributed by atoms with Crippen LogP contribution in [-0.2, 0) is 14.3 Å². The Hall–Kier alpha value is -1.16. The molecule has 0 N–H and O–H groups in total. The summed E-state index contributed by atoms with van der Waals surface area (Å²) in [6.45, 7) is 6.36. The summed E-state index contributed by atoms with van der Waals surface area (Å²) in [6.07, 6.45) is 1.45. The second kappa shape index (κ2) is 7.58. The lowest BCUT2D eigenvalue weighted by Crippen LogP contribution is -2.55. The largest absolute Gasteiger partial charge is 0.376 e. The molecule has 2 fully saturated rings. The van der Waals surface area contributed by atoms with Gasteiger partial charge in [0.2, 0.25) is 0 Å². The van der Waals surface area contributed by atoms with Crippen LogP contribution in [0.25, 0.3) is 0 Å². The van der Waals surface area contributed by atoms with Crippen molar-refractivity contribution in [1.82, 2.24) is 9.80 Å². The van der Waals surface area contributed by atoms with Crippen LogP contribution >= 0.6 is 0 Å². The minimum absolute atomic E-state index is 0.0216. The predicted octanol–water partition coefficient (Wildman–Crippen LogP) is 0.238. The molecule has 0 aromatic carbocycles. The molecule has 2 saturated heterocycles. The number of hydrogen-bond donors (Lipinski definition) is 0. The van der Waals surface area contributed by atoms with Crippen molar-refractivity contribution in [1.29, 1.82) is 5.26 Å². The molecular weight excluding hydrogens is 258 g/mol. The van der Waals surface area contributed by atoms with E-state index in [0.717, 1.165) is 25.9 Å². The zero-order chi connectivity index (χ0) is 14.4. The number of hydrogen-bond acceptors (Lipinski definition) is 5. The maximum Gasteiger partial charge on any atom is 0.254 e. The summed E-state index contributed by atoms with van der Waals surface area (Å²) in [6, 6.07) is 2.34. The highest BCUT2D eigenvalue weighted by Crippen LogP contribution is 2.13. The topological polar surface area (TPSA) is 65.8 Å². The van der Waals surface area contributed by atoms with Crippen molar-refractivity contribution in [2.75, 3.05) is 46.0 Å². The molecule has 0 saturated carbocycles. The zero-order valence-corrected chi connectivity index (χ0v) is 12.1. The second-order valence-electron chi connectivity index (χ2n) is 5.23. The van der Waals surface area contributed by atoms with E-state index in [0.29, 0.717) is 32.9 Å². The van der Waals surface area contributed by atoms with Crippen molar-refractivity contribution in [3.05, 3.63) is 0 Å². The molecule has 0 aliphatic carbocycles. The van der Waals surface area contributed by atoms with E-state index in [1.165, 1.54) is 0 Å². The maximum absolute atomic E-state index is 12.3. The standard InChI is InChI=1S/C14H23N3O3/c1-2-3-12(10-15)16-4-6-17(7-5-16)14(18)13-11-19-8-9-20-13/h12-13H,2-9,11H2,1H3. The molecule has 20 heavy (non-hydrogen) atoms. The molecule has 112 valence electrons. The van der Waals surface area contributed by atoms with Crippen LogP contribution in [-0.4, -0.2) is 73.9 Å². The molecule has 2 heterocycles. The van der Waals surface area contributed by atoms with E-state index < -0.39 is 6.10 Å². The number of ether oxygens (including phenoxy) is 2. The average Bonchev–Trinajstić information content (AvgIpc) is 2.53. The lowest BCUT2D eigenvalue weighted by atomic mass is 10.1. The second-order valence-corrected chi connectivity index (χ2v) is 5.23. The predicted molar refractivity (Wildman–Crippen MR) is 73.0 cm³/mol. The molecule has 0 spiro atoms. The third kappa shape index (κ3) is 3.69. The third-order valence-corrected chi connectivity index (χ3v) is 3.87. The Kier molecular flexibility index (Phi) is 5.77. The Morgan fingerprint density at radius 2 is 2.10 bits per heavy atom. The number of rotatable bonds is 4. The molecule has 2 aliphatic rings. The Bertz CT molecular complexity index is 355. The van der Waals surface area contributed by atoms with E-state index >= 15 is 0 Å². The highest BCUT2D eigenvalue weighted by molar-refractivity contribution is 5.81. The van der Waals surface area contributed by atoms with E-state index in [2.05, 4.69) is 17.9 Å². The Morgan fingerprint density at radius 3 is 2.65 bits per heavy atom. The van der Waals surface area contributed by atoms with Crippen molar-refractivity contribution in [2.24, 2.45) is 0 Å². The van der Waals surface area contributed by atoms with Gasteiger partial charge in [0.25, 0.3) is 5.91 Å². The summed E-state index contributed by atoms with van der Waals surface area (Å²) < 4.78 is 10.7. The fourth-order valence-corrected chi connectivity index (χ4v) is 2.69. The van der Waals surface area contributed by atoms with Gasteiger partial charge >= 0.3 is 0 Å². The van der Waals surface area contributed by atoms with Crippen LogP contribution in [0.3, 0.4) is 0 Å². The summed E-state index contributed by atoms with van der Waals surface area (Å²) >= 11 is 0. The average molecular weight is 281 g/mol. The summed E-state index contributed by atoms with van der Waals surface area (Å²) in [4.78, 5) is 16.3. The highest BCUT2D eigenvalue weighted by atomic mass is 16.6. The highest BCUT2D eigenvalue weighted by Gasteiger charge is 2.31. The molecule has 2 atom stereocenters. The monoisotopic (exact) mass is 281 g/mol. The minimum atomic E-state index is -0.447. The van der Waals surface area contributed by atoms with Gasteiger partial charge in [-0.05, 0) is 6.42 Å². The van der Waals surface area contributed by atoms with Gasteiger partial charge in [0.1, 0.15) is 0 Å². The first-order valence-corrected chi connectivity index (χ1v) is 7.38. The first-order chi connectivity index (χ1) is 9.76. The number of carbonyl (C=O) groups excluding carboxylic acids is 1. The molecule has 0 aromatic heterocycles. The van der Waals surface area contributed by atoms with Crippen LogP contribution < -0.4 is 0 Å². The lowest BCUT2D eigenvalue weighted by molar-refractivity contribution is -0.159. The fraction of sp³-hybridized carbons (Fsp3) is 0.857. The van der Waals surface area contributed by atoms with E-state index in [4.69, 9.17) is 9.47 Å². The number of nitriles is 1. The van der Waals surface area contributed by atoms with Crippen molar-refractivity contribution < 1.29 is 14.3 Å². The van der Waals surface area contributed by atoms with Gasteiger partial charge in [-0.25, -0.2) is 0 Å². The van der Waals surface area contributed by atoms with Gasteiger partial charge in [-0.15, -0.1) is 0 Å². The van der Waals surface area contributed by atoms with Crippen LogP contribution in [0, 0.1) is 11.3 Å². The Labute approximate surface area is 120 Å². The molecule has 2 aliphatic heterocycles. The molecule has 2 unspecified atom stereocenters. The van der Waals surface area contributed by atoms with E-state index in [-0.39, 0.29) is 11.9 Å². The van der Waals surface area contributed by atoms with Crippen LogP contribution in [0.1, 0.15) is 19.8 Å². The van der Waals surface area contributed by atoms with Gasteiger partial charge in [0.15, 0.2) is 6.10 Å². The normalized spacial score (nSPS) is 26.0. The molecule has 2 rings (SSSR count). The fourth-order valence-electron chi connectivity index (χ4n) is 2.69. The van der Waals surface area contributed by atoms with E-state index in [1.807, 2.05) is 4.90 Å². The Balaban J connectivity index is 1.81. The smallest absolute Gasteiger partial charge is 0.254 e. The SMILES string of the molecule is CCCC(C#N)N1CCN(C(=O)C2COCCO2)CC1. The first-order valence-electron chi connectivity index (χ1n) is 7.38. The van der Waals surface area contributed by atoms with Gasteiger partial charge in [-0.1, -0.05) is 13.3 Å². The number of nitrogens with zero attached hydrogens (tertiary/aromatic N) is 3. The van der Waals surface area contributed by atoms with E-state index in [9.17, 15) is 10.1 Å². The van der Waals surface area contributed by atoms with Crippen molar-refractivity contribution in [2.45, 2.75) is 31.9 Å². The quantitative estimate of drug-likeness (QED) is 0.738. The van der Waals surface area contributed by atoms with Gasteiger partial charge in [0, 0.05) is 26.2 Å². The molecular formula is C14H23N3O3. The van der Waals surface area contributed by atoms with Crippen molar-refractivity contribution in [3.8, 4) is 6.07 Å². The lowest BCUT2D eigenvalue weighted by Gasteiger charge is -2.38. The summed E-state index contributed by atoms with van der Waals surface area (Å²) in [7, 11) is 0. The zero-order valence-electron chi connectivity index (χ0n) is 12.1. The van der Waals surface area contributed by atoms with Crippen molar-refractivity contribution >= 4 is 5.91 Å². The number of piperazine rings is 1. The molecule has 1 amide bonds. The molecule has 6 heteroatoms. The number of carbonyl (C=O) groups is 1. The Morgan fingerprint density at radius 1 is 1.35 bits per heavy atom. The van der Waals surface area contributed by atoms with Crippen LogP contribution in [0.15, 0.2) is 0 Å². The number of amides is 1. The van der Waals surface area contributed by atoms with E-state index in [1.54, 1.807) is 0 Å². The van der Waals surface area contributed by atoms with Crippen LogP contribution in [0.2, 0.25) is 0 Å². The molecule has 0 radical (unpaired) electrons. The van der Waals surface area contributed by atoms with Gasteiger partial charge in [0.05, 0.1) is 31.9 Å². The maximum atomic E-state index is 12.3. The van der Waals surface area contributed by atoms with Crippen molar-refractivity contribution in [3.63, 3.8) is 0 Å². The summed E-state index contributed by atoms with van der Waals surface area (Å²) in [5, 5.41) is 9.18. The summed E-state index contributed by atoms with van der Waals surface area (Å²) in [5.41, 5.74) is 0. The van der Waals surface area contributed by atoms with Crippen LogP contribution in [0.4, 0.5) is 0 Å². The molecule has 0 aromatic rings. The molecule has 6 nitrogen and oxygen atoms in total. The van der Waals surface area contributed by atoms with Crippen LogP contribution in [0.5, 0.6) is 0 Å². The molecule has 0 bridgehead atoms.